The van der Waals surface area contributed by atoms with Crippen molar-refractivity contribution in [2.45, 2.75) is 46.0 Å². The van der Waals surface area contributed by atoms with Gasteiger partial charge in [0, 0.05) is 13.1 Å². The Bertz CT molecular complexity index is 207. The Morgan fingerprint density at radius 3 is 2.56 bits per heavy atom. The van der Waals surface area contributed by atoms with E-state index in [9.17, 15) is 0 Å². The third-order valence-electron chi connectivity index (χ3n) is 3.32. The van der Waals surface area contributed by atoms with Crippen LogP contribution in [0.3, 0.4) is 0 Å². The molecule has 1 fully saturated rings. The number of aliphatic imine (C=N–C) groups is 1. The van der Waals surface area contributed by atoms with Crippen LogP contribution in [-0.4, -0.2) is 19.0 Å². The SMILES string of the molecule is CCCNC(=NCC1CCC(C)CC1)NN. The van der Waals surface area contributed by atoms with Gasteiger partial charge in [-0.3, -0.25) is 10.4 Å². The first-order chi connectivity index (χ1) is 7.76. The van der Waals surface area contributed by atoms with Crippen molar-refractivity contribution in [1.29, 1.82) is 0 Å². The second-order valence-corrected chi connectivity index (χ2v) is 4.89. The largest absolute Gasteiger partial charge is 0.355 e. The highest BCUT2D eigenvalue weighted by atomic mass is 15.3. The number of rotatable bonds is 4. The van der Waals surface area contributed by atoms with Crippen LogP contribution in [0.2, 0.25) is 0 Å². The van der Waals surface area contributed by atoms with Gasteiger partial charge in [-0.1, -0.05) is 26.7 Å². The molecule has 0 bridgehead atoms. The molecule has 1 saturated carbocycles. The van der Waals surface area contributed by atoms with Gasteiger partial charge in [-0.2, -0.15) is 0 Å². The predicted molar refractivity (Wildman–Crippen MR) is 69.0 cm³/mol. The first-order valence-corrected chi connectivity index (χ1v) is 6.51. The Morgan fingerprint density at radius 2 is 2.00 bits per heavy atom. The predicted octanol–water partition coefficient (Wildman–Crippen LogP) is 1.63. The Hall–Kier alpha value is -0.770. The minimum atomic E-state index is 0.737. The van der Waals surface area contributed by atoms with Gasteiger partial charge in [-0.25, -0.2) is 5.84 Å². The molecule has 0 aromatic heterocycles. The number of hydrogen-bond donors (Lipinski definition) is 3. The van der Waals surface area contributed by atoms with Crippen LogP contribution in [0.15, 0.2) is 4.99 Å². The fourth-order valence-electron chi connectivity index (χ4n) is 2.13. The van der Waals surface area contributed by atoms with Crippen molar-refractivity contribution >= 4 is 5.96 Å². The summed E-state index contributed by atoms with van der Waals surface area (Å²) in [5, 5.41) is 3.18. The van der Waals surface area contributed by atoms with E-state index < -0.39 is 0 Å². The van der Waals surface area contributed by atoms with E-state index in [1.807, 2.05) is 0 Å². The summed E-state index contributed by atoms with van der Waals surface area (Å²) in [6, 6.07) is 0. The molecule has 0 spiro atoms. The molecule has 0 aromatic rings. The van der Waals surface area contributed by atoms with Gasteiger partial charge in [0.2, 0.25) is 5.96 Å². The average Bonchev–Trinajstić information content (AvgIpc) is 2.32. The van der Waals surface area contributed by atoms with Gasteiger partial charge in [0.15, 0.2) is 0 Å². The summed E-state index contributed by atoms with van der Waals surface area (Å²) in [5.74, 6) is 7.81. The molecule has 0 aliphatic heterocycles. The Morgan fingerprint density at radius 1 is 1.31 bits per heavy atom. The maximum absolute atomic E-state index is 5.41. The lowest BCUT2D eigenvalue weighted by atomic mass is 9.83. The molecule has 4 N–H and O–H groups in total. The summed E-state index contributed by atoms with van der Waals surface area (Å²) in [4.78, 5) is 4.50. The molecule has 4 nitrogen and oxygen atoms in total. The van der Waals surface area contributed by atoms with Crippen LogP contribution in [0, 0.1) is 11.8 Å². The van der Waals surface area contributed by atoms with Gasteiger partial charge in [-0.15, -0.1) is 0 Å². The zero-order valence-electron chi connectivity index (χ0n) is 10.6. The van der Waals surface area contributed by atoms with E-state index in [0.29, 0.717) is 0 Å². The fraction of sp³-hybridized carbons (Fsp3) is 0.917. The molecule has 0 heterocycles. The van der Waals surface area contributed by atoms with Crippen molar-refractivity contribution in [3.05, 3.63) is 0 Å². The normalized spacial score (nSPS) is 26.6. The van der Waals surface area contributed by atoms with Crippen LogP contribution in [0.25, 0.3) is 0 Å². The molecule has 16 heavy (non-hydrogen) atoms. The van der Waals surface area contributed by atoms with Crippen molar-refractivity contribution in [2.24, 2.45) is 22.7 Å². The Balaban J connectivity index is 2.26. The quantitative estimate of drug-likeness (QED) is 0.295. The number of guanidine groups is 1. The standard InChI is InChI=1S/C12H26N4/c1-3-8-14-12(16-13)15-9-11-6-4-10(2)5-7-11/h10-11H,3-9,13H2,1-2H3,(H2,14,15,16). The third-order valence-corrected chi connectivity index (χ3v) is 3.32. The molecule has 4 heteroatoms. The van der Waals surface area contributed by atoms with E-state index in [-0.39, 0.29) is 0 Å². The zero-order valence-corrected chi connectivity index (χ0v) is 10.6. The molecule has 1 rings (SSSR count). The maximum Gasteiger partial charge on any atom is 0.205 e. The van der Waals surface area contributed by atoms with Crippen LogP contribution in [0.4, 0.5) is 0 Å². The molecule has 0 radical (unpaired) electrons. The summed E-state index contributed by atoms with van der Waals surface area (Å²) in [7, 11) is 0. The smallest absolute Gasteiger partial charge is 0.205 e. The van der Waals surface area contributed by atoms with Crippen molar-refractivity contribution in [1.82, 2.24) is 10.7 Å². The van der Waals surface area contributed by atoms with Crippen molar-refractivity contribution in [3.63, 3.8) is 0 Å². The molecular weight excluding hydrogens is 200 g/mol. The van der Waals surface area contributed by atoms with Crippen LogP contribution in [0.1, 0.15) is 46.0 Å². The first-order valence-electron chi connectivity index (χ1n) is 6.51. The molecular formula is C12H26N4. The van der Waals surface area contributed by atoms with Gasteiger partial charge in [0.05, 0.1) is 0 Å². The number of hydrogen-bond acceptors (Lipinski definition) is 2. The summed E-state index contributed by atoms with van der Waals surface area (Å²) in [6.07, 6.45) is 6.43. The van der Waals surface area contributed by atoms with E-state index in [2.05, 4.69) is 29.6 Å². The minimum Gasteiger partial charge on any atom is -0.355 e. The number of nitrogens with one attached hydrogen (secondary N) is 2. The summed E-state index contributed by atoms with van der Waals surface area (Å²) < 4.78 is 0. The highest BCUT2D eigenvalue weighted by molar-refractivity contribution is 5.79. The third kappa shape index (κ3) is 4.84. The van der Waals surface area contributed by atoms with Gasteiger partial charge >= 0.3 is 0 Å². The summed E-state index contributed by atoms with van der Waals surface area (Å²) >= 11 is 0. The lowest BCUT2D eigenvalue weighted by Gasteiger charge is -2.24. The lowest BCUT2D eigenvalue weighted by molar-refractivity contribution is 0.296. The second kappa shape index (κ2) is 7.49. The van der Waals surface area contributed by atoms with E-state index in [1.165, 1.54) is 25.7 Å². The molecule has 0 amide bonds. The molecule has 0 saturated heterocycles. The van der Waals surface area contributed by atoms with E-state index in [1.54, 1.807) is 0 Å². The highest BCUT2D eigenvalue weighted by Gasteiger charge is 2.17. The molecule has 0 aromatic carbocycles. The Kier molecular flexibility index (Phi) is 6.23. The monoisotopic (exact) mass is 226 g/mol. The molecule has 0 unspecified atom stereocenters. The number of nitrogens with zero attached hydrogens (tertiary/aromatic N) is 1. The van der Waals surface area contributed by atoms with Crippen molar-refractivity contribution < 1.29 is 0 Å². The molecule has 1 aliphatic carbocycles. The maximum atomic E-state index is 5.41. The fourth-order valence-corrected chi connectivity index (χ4v) is 2.13. The molecule has 94 valence electrons. The van der Waals surface area contributed by atoms with Crippen molar-refractivity contribution in [3.8, 4) is 0 Å². The van der Waals surface area contributed by atoms with E-state index in [4.69, 9.17) is 5.84 Å². The topological polar surface area (TPSA) is 62.4 Å². The summed E-state index contributed by atoms with van der Waals surface area (Å²) in [6.45, 7) is 6.30. The van der Waals surface area contributed by atoms with Gasteiger partial charge < -0.3 is 5.32 Å². The Labute approximate surface area is 99.1 Å². The minimum absolute atomic E-state index is 0.737. The van der Waals surface area contributed by atoms with Crippen LogP contribution >= 0.6 is 0 Å². The molecule has 1 aliphatic rings. The van der Waals surface area contributed by atoms with Gasteiger partial charge in [-0.05, 0) is 31.1 Å². The van der Waals surface area contributed by atoms with Crippen molar-refractivity contribution in [2.75, 3.05) is 13.1 Å². The number of hydrazine groups is 1. The van der Waals surface area contributed by atoms with Gasteiger partial charge in [0.25, 0.3) is 0 Å². The van der Waals surface area contributed by atoms with E-state index >= 15 is 0 Å². The summed E-state index contributed by atoms with van der Waals surface area (Å²) in [5.41, 5.74) is 2.62. The van der Waals surface area contributed by atoms with Crippen LogP contribution in [-0.2, 0) is 0 Å². The first kappa shape index (κ1) is 13.3. The van der Waals surface area contributed by atoms with Gasteiger partial charge in [0.1, 0.15) is 0 Å². The van der Waals surface area contributed by atoms with Crippen LogP contribution < -0.4 is 16.6 Å². The lowest BCUT2D eigenvalue weighted by Crippen LogP contribution is -2.42. The second-order valence-electron chi connectivity index (χ2n) is 4.89. The molecule has 0 atom stereocenters. The highest BCUT2D eigenvalue weighted by Crippen LogP contribution is 2.28. The number of nitrogens with two attached hydrogens (primary N) is 1. The van der Waals surface area contributed by atoms with E-state index in [0.717, 1.165) is 37.3 Å². The van der Waals surface area contributed by atoms with Crippen LogP contribution in [0.5, 0.6) is 0 Å². The average molecular weight is 226 g/mol. The zero-order chi connectivity index (χ0) is 11.8.